The van der Waals surface area contributed by atoms with Gasteiger partial charge in [-0.2, -0.15) is 10.1 Å². The molecule has 0 unspecified atom stereocenters. The average Bonchev–Trinajstić information content (AvgIpc) is 3.44. The number of aryl methyl sites for hydroxylation is 1. The number of hydrogen-bond donors (Lipinski definition) is 1. The van der Waals surface area contributed by atoms with Crippen LogP contribution >= 0.6 is 23.4 Å². The summed E-state index contributed by atoms with van der Waals surface area (Å²) in [5, 5.41) is 9.58. The van der Waals surface area contributed by atoms with Gasteiger partial charge in [-0.05, 0) is 48.4 Å². The van der Waals surface area contributed by atoms with E-state index in [-0.39, 0.29) is 30.1 Å². The number of hydrogen-bond acceptors (Lipinski definition) is 5. The number of anilines is 1. The highest BCUT2D eigenvalue weighted by Gasteiger charge is 2.39. The summed E-state index contributed by atoms with van der Waals surface area (Å²) in [4.78, 5) is 29.6. The van der Waals surface area contributed by atoms with E-state index in [0.717, 1.165) is 22.4 Å². The predicted molar refractivity (Wildman–Crippen MR) is 142 cm³/mol. The second-order valence-corrected chi connectivity index (χ2v) is 10.2. The number of amidine groups is 1. The monoisotopic (exact) mass is 520 g/mol. The molecule has 2 heterocycles. The molecule has 0 fully saturated rings. The standard InChI is InChI=1S/C27H22ClFN4O2S/c1-16-5-7-17(8-6-16)22-14-23(18-9-11-20(29)12-10-18)33(32-22)27-31-26(35)24(36-27)15-25(34)30-21-4-2-3-19(28)13-21/h2-13,23-24H,14-15H2,1H3,(H,30,34)/t23-,24-/m1/s1. The number of carbonyl (C=O) groups is 2. The van der Waals surface area contributed by atoms with E-state index in [1.165, 1.54) is 23.9 Å². The summed E-state index contributed by atoms with van der Waals surface area (Å²) in [6.45, 7) is 2.02. The highest BCUT2D eigenvalue weighted by molar-refractivity contribution is 8.15. The minimum atomic E-state index is -0.660. The van der Waals surface area contributed by atoms with Crippen LogP contribution in [0.2, 0.25) is 5.02 Å². The van der Waals surface area contributed by atoms with Gasteiger partial charge in [0, 0.05) is 23.6 Å². The molecule has 5 rings (SSSR count). The van der Waals surface area contributed by atoms with Gasteiger partial charge in [0.1, 0.15) is 11.1 Å². The molecule has 0 saturated carbocycles. The van der Waals surface area contributed by atoms with Crippen LogP contribution in [0.5, 0.6) is 0 Å². The van der Waals surface area contributed by atoms with Crippen molar-refractivity contribution >= 4 is 51.7 Å². The second-order valence-electron chi connectivity index (χ2n) is 8.63. The first-order chi connectivity index (χ1) is 17.4. The number of hydrazone groups is 1. The van der Waals surface area contributed by atoms with E-state index in [1.807, 2.05) is 31.2 Å². The van der Waals surface area contributed by atoms with Gasteiger partial charge in [0.05, 0.1) is 11.8 Å². The van der Waals surface area contributed by atoms with Crippen molar-refractivity contribution in [2.75, 3.05) is 5.32 Å². The number of nitrogens with zero attached hydrogens (tertiary/aromatic N) is 3. The number of amides is 2. The quantitative estimate of drug-likeness (QED) is 0.450. The van der Waals surface area contributed by atoms with Crippen molar-refractivity contribution in [1.82, 2.24) is 5.01 Å². The van der Waals surface area contributed by atoms with Crippen LogP contribution in [-0.2, 0) is 9.59 Å². The molecule has 3 aromatic carbocycles. The van der Waals surface area contributed by atoms with E-state index in [9.17, 15) is 14.0 Å². The molecule has 3 aromatic rings. The van der Waals surface area contributed by atoms with E-state index in [0.29, 0.717) is 22.3 Å². The summed E-state index contributed by atoms with van der Waals surface area (Å²) in [7, 11) is 0. The van der Waals surface area contributed by atoms with Crippen LogP contribution < -0.4 is 5.32 Å². The highest BCUT2D eigenvalue weighted by atomic mass is 35.5. The molecule has 0 bridgehead atoms. The molecular weight excluding hydrogens is 499 g/mol. The van der Waals surface area contributed by atoms with Gasteiger partial charge in [-0.25, -0.2) is 9.40 Å². The molecule has 182 valence electrons. The van der Waals surface area contributed by atoms with Gasteiger partial charge in [0.2, 0.25) is 5.91 Å². The Labute approximate surface area is 217 Å². The summed E-state index contributed by atoms with van der Waals surface area (Å²) < 4.78 is 13.6. The lowest BCUT2D eigenvalue weighted by Crippen LogP contribution is -2.25. The van der Waals surface area contributed by atoms with Crippen molar-refractivity contribution in [3.63, 3.8) is 0 Å². The lowest BCUT2D eigenvalue weighted by Gasteiger charge is -2.23. The van der Waals surface area contributed by atoms with Crippen LogP contribution in [0.3, 0.4) is 0 Å². The third kappa shape index (κ3) is 5.34. The van der Waals surface area contributed by atoms with Gasteiger partial charge in [0.25, 0.3) is 5.91 Å². The molecule has 0 saturated heterocycles. The maximum Gasteiger partial charge on any atom is 0.262 e. The zero-order valence-corrected chi connectivity index (χ0v) is 20.9. The van der Waals surface area contributed by atoms with Gasteiger partial charge in [-0.1, -0.05) is 71.4 Å². The Hall–Kier alpha value is -3.49. The van der Waals surface area contributed by atoms with Gasteiger partial charge in [0.15, 0.2) is 5.17 Å². The summed E-state index contributed by atoms with van der Waals surface area (Å²) in [6, 6.07) is 20.9. The average molecular weight is 521 g/mol. The molecule has 0 aromatic heterocycles. The van der Waals surface area contributed by atoms with E-state index in [1.54, 1.807) is 41.4 Å². The van der Waals surface area contributed by atoms with Gasteiger partial charge in [-0.15, -0.1) is 0 Å². The number of halogens is 2. The minimum absolute atomic E-state index is 0.0351. The van der Waals surface area contributed by atoms with Gasteiger partial charge < -0.3 is 5.32 Å². The van der Waals surface area contributed by atoms with Crippen molar-refractivity contribution in [1.29, 1.82) is 0 Å². The molecule has 2 amide bonds. The van der Waals surface area contributed by atoms with E-state index in [2.05, 4.69) is 10.3 Å². The largest absolute Gasteiger partial charge is 0.326 e. The van der Waals surface area contributed by atoms with Crippen molar-refractivity contribution in [3.8, 4) is 0 Å². The smallest absolute Gasteiger partial charge is 0.262 e. The fourth-order valence-corrected chi connectivity index (χ4v) is 5.35. The van der Waals surface area contributed by atoms with Gasteiger partial charge in [-0.3, -0.25) is 9.59 Å². The zero-order valence-electron chi connectivity index (χ0n) is 19.3. The number of thioether (sulfide) groups is 1. The summed E-state index contributed by atoms with van der Waals surface area (Å²) >= 11 is 7.20. The molecule has 2 atom stereocenters. The molecule has 0 radical (unpaired) electrons. The lowest BCUT2D eigenvalue weighted by atomic mass is 9.98. The van der Waals surface area contributed by atoms with E-state index >= 15 is 0 Å². The van der Waals surface area contributed by atoms with Gasteiger partial charge >= 0.3 is 0 Å². The van der Waals surface area contributed by atoms with Crippen LogP contribution in [0.4, 0.5) is 10.1 Å². The fourth-order valence-electron chi connectivity index (χ4n) is 4.10. The molecule has 1 N–H and O–H groups in total. The van der Waals surface area contributed by atoms with Crippen molar-refractivity contribution in [2.24, 2.45) is 10.1 Å². The summed E-state index contributed by atoms with van der Waals surface area (Å²) in [5.41, 5.74) is 4.39. The third-order valence-electron chi connectivity index (χ3n) is 5.95. The van der Waals surface area contributed by atoms with Crippen LogP contribution in [-0.4, -0.2) is 33.0 Å². The minimum Gasteiger partial charge on any atom is -0.326 e. The van der Waals surface area contributed by atoms with Crippen molar-refractivity contribution in [3.05, 3.63) is 100 Å². The zero-order chi connectivity index (χ0) is 25.2. The normalized spacial score (nSPS) is 19.3. The molecule has 36 heavy (non-hydrogen) atoms. The summed E-state index contributed by atoms with van der Waals surface area (Å²) in [6.07, 6.45) is 0.537. The number of rotatable bonds is 5. The molecule has 2 aliphatic rings. The molecule has 6 nitrogen and oxygen atoms in total. The Morgan fingerprint density at radius 2 is 1.89 bits per heavy atom. The molecule has 0 spiro atoms. The Balaban J connectivity index is 1.35. The SMILES string of the molecule is Cc1ccc(C2=NN(C3=NC(=O)[C@@H](CC(=O)Nc4cccc(Cl)c4)S3)[C@@H](c3ccc(F)cc3)C2)cc1. The number of benzene rings is 3. The first-order valence-corrected chi connectivity index (χ1v) is 12.7. The lowest BCUT2D eigenvalue weighted by molar-refractivity contribution is -0.121. The van der Waals surface area contributed by atoms with Crippen LogP contribution in [0, 0.1) is 12.7 Å². The van der Waals surface area contributed by atoms with Crippen molar-refractivity contribution < 1.29 is 14.0 Å². The Kier molecular flexibility index (Phi) is 6.89. The predicted octanol–water partition coefficient (Wildman–Crippen LogP) is 5.97. The van der Waals surface area contributed by atoms with Crippen molar-refractivity contribution in [2.45, 2.75) is 31.1 Å². The summed E-state index contributed by atoms with van der Waals surface area (Å²) in [5.74, 6) is -1.01. The first-order valence-electron chi connectivity index (χ1n) is 11.4. The topological polar surface area (TPSA) is 74.1 Å². The molecule has 0 aliphatic carbocycles. The van der Waals surface area contributed by atoms with Crippen LogP contribution in [0.1, 0.15) is 35.6 Å². The Morgan fingerprint density at radius 1 is 1.14 bits per heavy atom. The van der Waals surface area contributed by atoms with Crippen LogP contribution in [0.15, 0.2) is 82.9 Å². The number of aliphatic imine (C=N–C) groups is 1. The molecule has 9 heteroatoms. The fraction of sp³-hybridized carbons (Fsp3) is 0.185. The Morgan fingerprint density at radius 3 is 2.61 bits per heavy atom. The molecule has 2 aliphatic heterocycles. The maximum absolute atomic E-state index is 13.6. The Bertz CT molecular complexity index is 1380. The third-order valence-corrected chi connectivity index (χ3v) is 7.33. The van der Waals surface area contributed by atoms with Crippen LogP contribution in [0.25, 0.3) is 0 Å². The second kappa shape index (κ2) is 10.2. The van der Waals surface area contributed by atoms with E-state index in [4.69, 9.17) is 16.7 Å². The van der Waals surface area contributed by atoms with E-state index < -0.39 is 5.25 Å². The highest BCUT2D eigenvalue weighted by Crippen LogP contribution is 2.38. The maximum atomic E-state index is 13.6. The number of nitrogens with one attached hydrogen (secondary N) is 1. The first kappa shape index (κ1) is 24.2. The molecular formula is C27H22ClFN4O2S. The number of carbonyl (C=O) groups excluding carboxylic acids is 2.